The highest BCUT2D eigenvalue weighted by atomic mass is 32.2. The number of benzene rings is 1. The molecule has 1 aliphatic carbocycles. The van der Waals surface area contributed by atoms with Crippen molar-refractivity contribution in [2.75, 3.05) is 0 Å². The predicted octanol–water partition coefficient (Wildman–Crippen LogP) is 4.36. The lowest BCUT2D eigenvalue weighted by molar-refractivity contribution is -0.124. The molecular formula is C16H16FNOS2. The molecule has 110 valence electrons. The largest absolute Gasteiger partial charge is 0.290 e. The van der Waals surface area contributed by atoms with Crippen LogP contribution in [-0.2, 0) is 4.79 Å². The minimum atomic E-state index is -0.276. The number of carbonyl (C=O) groups is 1. The van der Waals surface area contributed by atoms with E-state index in [4.69, 9.17) is 12.2 Å². The Hall–Kier alpha value is -1.20. The van der Waals surface area contributed by atoms with Gasteiger partial charge in [0.2, 0.25) is 0 Å². The summed E-state index contributed by atoms with van der Waals surface area (Å²) in [6.07, 6.45) is 7.45. The van der Waals surface area contributed by atoms with Gasteiger partial charge in [0.25, 0.3) is 5.91 Å². The van der Waals surface area contributed by atoms with Crippen molar-refractivity contribution in [3.8, 4) is 0 Å². The van der Waals surface area contributed by atoms with Crippen LogP contribution in [0.4, 0.5) is 4.39 Å². The molecule has 0 bridgehead atoms. The monoisotopic (exact) mass is 321 g/mol. The van der Waals surface area contributed by atoms with E-state index in [0.29, 0.717) is 9.23 Å². The number of hydrogen-bond acceptors (Lipinski definition) is 3. The van der Waals surface area contributed by atoms with Gasteiger partial charge >= 0.3 is 0 Å². The van der Waals surface area contributed by atoms with Crippen LogP contribution >= 0.6 is 24.0 Å². The Morgan fingerprint density at radius 3 is 2.52 bits per heavy atom. The van der Waals surface area contributed by atoms with E-state index < -0.39 is 0 Å². The van der Waals surface area contributed by atoms with Crippen LogP contribution in [0.25, 0.3) is 6.08 Å². The van der Waals surface area contributed by atoms with Gasteiger partial charge in [-0.15, -0.1) is 0 Å². The van der Waals surface area contributed by atoms with Crippen LogP contribution in [0.5, 0.6) is 0 Å². The summed E-state index contributed by atoms with van der Waals surface area (Å²) in [6, 6.07) is 6.39. The molecule has 1 aromatic rings. The number of hydrogen-bond donors (Lipinski definition) is 0. The Balaban J connectivity index is 1.80. The van der Waals surface area contributed by atoms with Gasteiger partial charge in [-0.1, -0.05) is 55.4 Å². The second-order valence-corrected chi connectivity index (χ2v) is 7.07. The van der Waals surface area contributed by atoms with E-state index >= 15 is 0 Å². The first-order valence-electron chi connectivity index (χ1n) is 7.18. The number of rotatable bonds is 2. The molecular weight excluding hydrogens is 305 g/mol. The van der Waals surface area contributed by atoms with Crippen molar-refractivity contribution in [2.24, 2.45) is 0 Å². The molecule has 5 heteroatoms. The van der Waals surface area contributed by atoms with Gasteiger partial charge in [-0.25, -0.2) is 4.39 Å². The molecule has 2 nitrogen and oxygen atoms in total. The fourth-order valence-electron chi connectivity index (χ4n) is 2.84. The average molecular weight is 321 g/mol. The van der Waals surface area contributed by atoms with Crippen molar-refractivity contribution in [3.05, 3.63) is 40.6 Å². The van der Waals surface area contributed by atoms with Crippen LogP contribution in [0.3, 0.4) is 0 Å². The van der Waals surface area contributed by atoms with E-state index in [1.807, 2.05) is 0 Å². The SMILES string of the molecule is O=C1C(=Cc2ccc(F)cc2)SC(=S)N1C1CCCCC1. The quantitative estimate of drug-likeness (QED) is 0.596. The summed E-state index contributed by atoms with van der Waals surface area (Å²) in [5.41, 5.74) is 0.820. The normalized spacial score (nSPS) is 22.3. The first-order valence-corrected chi connectivity index (χ1v) is 8.40. The van der Waals surface area contributed by atoms with Gasteiger partial charge in [0.05, 0.1) is 4.91 Å². The van der Waals surface area contributed by atoms with Crippen molar-refractivity contribution in [3.63, 3.8) is 0 Å². The fraction of sp³-hybridized carbons (Fsp3) is 0.375. The summed E-state index contributed by atoms with van der Waals surface area (Å²) in [6.45, 7) is 0. The summed E-state index contributed by atoms with van der Waals surface area (Å²) in [7, 11) is 0. The second-order valence-electron chi connectivity index (χ2n) is 5.40. The summed E-state index contributed by atoms with van der Waals surface area (Å²) in [5.74, 6) is -0.275. The summed E-state index contributed by atoms with van der Waals surface area (Å²) >= 11 is 6.73. The molecule has 0 unspecified atom stereocenters. The van der Waals surface area contributed by atoms with Crippen LogP contribution < -0.4 is 0 Å². The summed E-state index contributed by atoms with van der Waals surface area (Å²) in [5, 5.41) is 0. The summed E-state index contributed by atoms with van der Waals surface area (Å²) < 4.78 is 13.6. The maximum Gasteiger partial charge on any atom is 0.266 e. The van der Waals surface area contributed by atoms with Gasteiger partial charge in [0.15, 0.2) is 0 Å². The third kappa shape index (κ3) is 3.19. The van der Waals surface area contributed by atoms with Gasteiger partial charge in [0, 0.05) is 6.04 Å². The van der Waals surface area contributed by atoms with Crippen LogP contribution in [0.15, 0.2) is 29.2 Å². The van der Waals surface area contributed by atoms with Crippen molar-refractivity contribution < 1.29 is 9.18 Å². The van der Waals surface area contributed by atoms with Crippen LogP contribution in [-0.4, -0.2) is 21.2 Å². The fourth-order valence-corrected chi connectivity index (χ4v) is 4.24. The molecule has 0 aromatic heterocycles. The van der Waals surface area contributed by atoms with E-state index in [0.717, 1.165) is 18.4 Å². The number of thioether (sulfide) groups is 1. The number of halogens is 1. The molecule has 1 saturated heterocycles. The second kappa shape index (κ2) is 6.28. The molecule has 1 heterocycles. The lowest BCUT2D eigenvalue weighted by Gasteiger charge is -2.29. The number of carbonyl (C=O) groups excluding carboxylic acids is 1. The van der Waals surface area contributed by atoms with E-state index in [2.05, 4.69) is 0 Å². The zero-order valence-electron chi connectivity index (χ0n) is 11.5. The van der Waals surface area contributed by atoms with Crippen LogP contribution in [0, 0.1) is 5.82 Å². The lowest BCUT2D eigenvalue weighted by Crippen LogP contribution is -2.39. The van der Waals surface area contributed by atoms with Gasteiger partial charge in [-0.2, -0.15) is 0 Å². The maximum atomic E-state index is 12.9. The number of amides is 1. The minimum absolute atomic E-state index is 0.00113. The van der Waals surface area contributed by atoms with E-state index in [9.17, 15) is 9.18 Å². The average Bonchev–Trinajstić information content (AvgIpc) is 2.77. The molecule has 1 saturated carbocycles. The van der Waals surface area contributed by atoms with Gasteiger partial charge in [0.1, 0.15) is 10.1 Å². The number of nitrogens with zero attached hydrogens (tertiary/aromatic N) is 1. The number of thiocarbonyl (C=S) groups is 1. The Kier molecular flexibility index (Phi) is 4.40. The van der Waals surface area contributed by atoms with Gasteiger partial charge in [-0.3, -0.25) is 9.69 Å². The van der Waals surface area contributed by atoms with Crippen molar-refractivity contribution >= 4 is 40.3 Å². The predicted molar refractivity (Wildman–Crippen MR) is 88.3 cm³/mol. The van der Waals surface area contributed by atoms with Crippen molar-refractivity contribution in [1.29, 1.82) is 0 Å². The zero-order chi connectivity index (χ0) is 14.8. The standard InChI is InChI=1S/C16H16FNOS2/c17-12-8-6-11(7-9-12)10-14-15(19)18(16(20)21-14)13-4-2-1-3-5-13/h6-10,13H,1-5H2. The smallest absolute Gasteiger partial charge is 0.266 e. The molecule has 3 rings (SSSR count). The first-order chi connectivity index (χ1) is 10.1. The minimum Gasteiger partial charge on any atom is -0.290 e. The van der Waals surface area contributed by atoms with E-state index in [1.165, 1.54) is 43.2 Å². The molecule has 1 aromatic carbocycles. The Morgan fingerprint density at radius 2 is 1.86 bits per heavy atom. The van der Waals surface area contributed by atoms with Crippen LogP contribution in [0.2, 0.25) is 0 Å². The van der Waals surface area contributed by atoms with E-state index in [1.54, 1.807) is 23.1 Å². The van der Waals surface area contributed by atoms with Crippen molar-refractivity contribution in [1.82, 2.24) is 4.90 Å². The highest BCUT2D eigenvalue weighted by Crippen LogP contribution is 2.37. The third-order valence-electron chi connectivity index (χ3n) is 3.93. The van der Waals surface area contributed by atoms with Crippen molar-refractivity contribution in [2.45, 2.75) is 38.1 Å². The molecule has 0 N–H and O–H groups in total. The molecule has 2 fully saturated rings. The zero-order valence-corrected chi connectivity index (χ0v) is 13.2. The molecule has 0 radical (unpaired) electrons. The molecule has 2 aliphatic rings. The topological polar surface area (TPSA) is 20.3 Å². The molecule has 21 heavy (non-hydrogen) atoms. The Morgan fingerprint density at radius 1 is 1.19 bits per heavy atom. The Bertz CT molecular complexity index is 591. The highest BCUT2D eigenvalue weighted by Gasteiger charge is 2.37. The lowest BCUT2D eigenvalue weighted by atomic mass is 9.94. The molecule has 1 aliphatic heterocycles. The molecule has 0 spiro atoms. The molecule has 0 atom stereocenters. The molecule has 1 amide bonds. The third-order valence-corrected chi connectivity index (χ3v) is 5.26. The van der Waals surface area contributed by atoms with Crippen LogP contribution in [0.1, 0.15) is 37.7 Å². The van der Waals surface area contributed by atoms with E-state index in [-0.39, 0.29) is 17.8 Å². The highest BCUT2D eigenvalue weighted by molar-refractivity contribution is 8.26. The first kappa shape index (κ1) is 14.7. The van der Waals surface area contributed by atoms with Gasteiger partial charge in [-0.05, 0) is 36.6 Å². The Labute approximate surface area is 133 Å². The summed E-state index contributed by atoms with van der Waals surface area (Å²) in [4.78, 5) is 15.0. The van der Waals surface area contributed by atoms with Gasteiger partial charge < -0.3 is 0 Å². The maximum absolute atomic E-state index is 12.9.